The van der Waals surface area contributed by atoms with Gasteiger partial charge in [-0.05, 0) is 113 Å². The molecule has 3 nitrogen and oxygen atoms in total. The van der Waals surface area contributed by atoms with Crippen LogP contribution in [-0.4, -0.2) is 13.7 Å². The first-order valence-electron chi connectivity index (χ1n) is 17.5. The molecule has 0 unspecified atom stereocenters. The van der Waals surface area contributed by atoms with Crippen molar-refractivity contribution in [3.8, 4) is 28.2 Å². The fourth-order valence-corrected chi connectivity index (χ4v) is 8.27. The normalized spacial score (nSPS) is 11.9. The summed E-state index contributed by atoms with van der Waals surface area (Å²) in [6.45, 7) is 0. The average Bonchev–Trinajstić information content (AvgIpc) is 3.86. The van der Waals surface area contributed by atoms with Gasteiger partial charge in [0.1, 0.15) is 0 Å². The molecule has 0 radical (unpaired) electrons. The van der Waals surface area contributed by atoms with Gasteiger partial charge in [0.2, 0.25) is 0 Å². The first-order valence-corrected chi connectivity index (χ1v) is 17.5. The molecular weight excluding hydrogens is 619 g/mol. The van der Waals surface area contributed by atoms with E-state index in [2.05, 4.69) is 202 Å². The molecule has 8 aromatic carbocycles. The van der Waals surface area contributed by atoms with Crippen LogP contribution in [0, 0.1) is 0 Å². The van der Waals surface area contributed by atoms with E-state index in [1.165, 1.54) is 87.8 Å². The van der Waals surface area contributed by atoms with Crippen molar-refractivity contribution in [3.05, 3.63) is 188 Å². The van der Waals surface area contributed by atoms with Crippen molar-refractivity contribution in [1.82, 2.24) is 13.7 Å². The van der Waals surface area contributed by atoms with Gasteiger partial charge < -0.3 is 13.7 Å². The fraction of sp³-hybridized carbons (Fsp3) is 0. The van der Waals surface area contributed by atoms with Gasteiger partial charge in [0, 0.05) is 50.2 Å². The van der Waals surface area contributed by atoms with Gasteiger partial charge in [-0.2, -0.15) is 0 Å². The predicted molar refractivity (Wildman–Crippen MR) is 215 cm³/mol. The first-order chi connectivity index (χ1) is 25.3. The van der Waals surface area contributed by atoms with E-state index >= 15 is 0 Å². The lowest BCUT2D eigenvalue weighted by molar-refractivity contribution is 1.13. The summed E-state index contributed by atoms with van der Waals surface area (Å²) in [5.41, 5.74) is 12.0. The number of hydrogen-bond donors (Lipinski definition) is 0. The molecule has 0 aliphatic carbocycles. The van der Waals surface area contributed by atoms with Gasteiger partial charge in [0.15, 0.2) is 0 Å². The van der Waals surface area contributed by atoms with Gasteiger partial charge in [0.25, 0.3) is 0 Å². The molecule has 0 amide bonds. The molecule has 0 bridgehead atoms. The van der Waals surface area contributed by atoms with Gasteiger partial charge in [-0.1, -0.05) is 91.0 Å². The zero-order valence-corrected chi connectivity index (χ0v) is 27.7. The van der Waals surface area contributed by atoms with E-state index in [-0.39, 0.29) is 0 Å². The Labute approximate surface area is 294 Å². The third-order valence-electron chi connectivity index (χ3n) is 10.6. The molecule has 0 saturated heterocycles. The smallest absolute Gasteiger partial charge is 0.0547 e. The van der Waals surface area contributed by atoms with E-state index in [1.54, 1.807) is 0 Å². The molecule has 11 aromatic rings. The highest BCUT2D eigenvalue weighted by Crippen LogP contribution is 2.38. The Morgan fingerprint density at radius 2 is 0.824 bits per heavy atom. The average molecular weight is 650 g/mol. The van der Waals surface area contributed by atoms with Crippen LogP contribution in [0.2, 0.25) is 0 Å². The standard InChI is InChI=1S/C48H31N3/c1-3-13-37(14-4-1)50-44-20-9-7-18-40(44)42-28-33(22-23-46(42)50)32-12-11-17-39(27-32)49-25-24-34-26-35-29-43-41-19-8-10-21-45(41)51(38-15-5-2-6-16-38)48(43)31-36(35)30-47(34)49/h1-31H. The Morgan fingerprint density at radius 3 is 1.55 bits per heavy atom. The Hall–Kier alpha value is -6.84. The zero-order valence-electron chi connectivity index (χ0n) is 27.7. The monoisotopic (exact) mass is 649 g/mol. The number of para-hydroxylation sites is 4. The molecule has 0 aliphatic heterocycles. The second-order valence-electron chi connectivity index (χ2n) is 13.5. The zero-order chi connectivity index (χ0) is 33.5. The van der Waals surface area contributed by atoms with E-state index in [9.17, 15) is 0 Å². The highest BCUT2D eigenvalue weighted by molar-refractivity contribution is 6.15. The van der Waals surface area contributed by atoms with Crippen molar-refractivity contribution >= 4 is 65.3 Å². The molecule has 3 aromatic heterocycles. The molecule has 0 spiro atoms. The van der Waals surface area contributed by atoms with E-state index in [4.69, 9.17) is 0 Å². The molecule has 0 atom stereocenters. The lowest BCUT2D eigenvalue weighted by atomic mass is 10.0. The van der Waals surface area contributed by atoms with Crippen LogP contribution in [0.4, 0.5) is 0 Å². The highest BCUT2D eigenvalue weighted by Gasteiger charge is 2.16. The Kier molecular flexibility index (Phi) is 5.96. The van der Waals surface area contributed by atoms with Crippen molar-refractivity contribution < 1.29 is 0 Å². The van der Waals surface area contributed by atoms with Crippen molar-refractivity contribution in [3.63, 3.8) is 0 Å². The largest absolute Gasteiger partial charge is 0.317 e. The van der Waals surface area contributed by atoms with E-state index in [0.29, 0.717) is 0 Å². The van der Waals surface area contributed by atoms with Crippen molar-refractivity contribution in [2.75, 3.05) is 0 Å². The number of benzene rings is 8. The van der Waals surface area contributed by atoms with Gasteiger partial charge in [-0.3, -0.25) is 0 Å². The second kappa shape index (κ2) is 10.8. The molecule has 11 rings (SSSR count). The van der Waals surface area contributed by atoms with Gasteiger partial charge in [-0.15, -0.1) is 0 Å². The van der Waals surface area contributed by atoms with Crippen LogP contribution in [0.15, 0.2) is 188 Å². The number of rotatable bonds is 4. The van der Waals surface area contributed by atoms with E-state index in [1.807, 2.05) is 0 Å². The summed E-state index contributed by atoms with van der Waals surface area (Å²) in [6.07, 6.45) is 2.21. The number of nitrogens with zero attached hydrogens (tertiary/aromatic N) is 3. The van der Waals surface area contributed by atoms with Crippen LogP contribution < -0.4 is 0 Å². The maximum atomic E-state index is 2.39. The van der Waals surface area contributed by atoms with Crippen LogP contribution in [0.3, 0.4) is 0 Å². The van der Waals surface area contributed by atoms with Crippen LogP contribution in [0.25, 0.3) is 93.5 Å². The second-order valence-corrected chi connectivity index (χ2v) is 13.5. The summed E-state index contributed by atoms with van der Waals surface area (Å²) in [7, 11) is 0. The minimum Gasteiger partial charge on any atom is -0.317 e. The van der Waals surface area contributed by atoms with E-state index < -0.39 is 0 Å². The third-order valence-corrected chi connectivity index (χ3v) is 10.6. The topological polar surface area (TPSA) is 14.8 Å². The SMILES string of the molecule is c1ccc(-n2c3ccccc3c3cc(-c4cccc(-n5ccc6cc7cc8c9ccccc9n(-c9ccccc9)c8cc7cc65)c4)ccc32)cc1. The molecule has 238 valence electrons. The molecule has 3 heterocycles. The molecule has 0 aliphatic rings. The third kappa shape index (κ3) is 4.25. The van der Waals surface area contributed by atoms with Crippen LogP contribution in [-0.2, 0) is 0 Å². The maximum Gasteiger partial charge on any atom is 0.0547 e. The summed E-state index contributed by atoms with van der Waals surface area (Å²) in [5.74, 6) is 0. The Morgan fingerprint density at radius 1 is 0.275 bits per heavy atom. The fourth-order valence-electron chi connectivity index (χ4n) is 8.27. The van der Waals surface area contributed by atoms with Gasteiger partial charge in [-0.25, -0.2) is 0 Å². The van der Waals surface area contributed by atoms with Crippen LogP contribution >= 0.6 is 0 Å². The van der Waals surface area contributed by atoms with Gasteiger partial charge >= 0.3 is 0 Å². The summed E-state index contributed by atoms with van der Waals surface area (Å²) >= 11 is 0. The summed E-state index contributed by atoms with van der Waals surface area (Å²) in [6, 6.07) is 66.3. The summed E-state index contributed by atoms with van der Waals surface area (Å²) < 4.78 is 7.09. The van der Waals surface area contributed by atoms with E-state index in [0.717, 1.165) is 5.69 Å². The maximum absolute atomic E-state index is 2.39. The molecule has 0 saturated carbocycles. The molecular formula is C48H31N3. The Bertz CT molecular complexity index is 3120. The minimum absolute atomic E-state index is 1.15. The summed E-state index contributed by atoms with van der Waals surface area (Å²) in [5, 5.41) is 8.78. The quantitative estimate of drug-likeness (QED) is 0.180. The number of aromatic nitrogens is 3. The molecule has 3 heteroatoms. The lowest BCUT2D eigenvalue weighted by Crippen LogP contribution is -1.94. The number of fused-ring (bicyclic) bond motifs is 8. The molecule has 0 fully saturated rings. The van der Waals surface area contributed by atoms with Crippen LogP contribution in [0.1, 0.15) is 0 Å². The minimum atomic E-state index is 1.15. The van der Waals surface area contributed by atoms with Crippen molar-refractivity contribution in [2.45, 2.75) is 0 Å². The molecule has 51 heavy (non-hydrogen) atoms. The number of hydrogen-bond acceptors (Lipinski definition) is 0. The van der Waals surface area contributed by atoms with Crippen molar-refractivity contribution in [2.24, 2.45) is 0 Å². The van der Waals surface area contributed by atoms with Crippen LogP contribution in [0.5, 0.6) is 0 Å². The van der Waals surface area contributed by atoms with Gasteiger partial charge in [0.05, 0.1) is 27.6 Å². The Balaban J connectivity index is 1.05. The lowest BCUT2D eigenvalue weighted by Gasteiger charge is -2.11. The predicted octanol–water partition coefficient (Wildman–Crippen LogP) is 12.6. The summed E-state index contributed by atoms with van der Waals surface area (Å²) in [4.78, 5) is 0. The highest BCUT2D eigenvalue weighted by atomic mass is 15.0. The molecule has 0 N–H and O–H groups in total. The first kappa shape index (κ1) is 28.0. The van der Waals surface area contributed by atoms with Crippen molar-refractivity contribution in [1.29, 1.82) is 0 Å².